The number of benzene rings is 2. The highest BCUT2D eigenvalue weighted by Gasteiger charge is 2.59. The summed E-state index contributed by atoms with van der Waals surface area (Å²) in [6.07, 6.45) is 0.595. The molecule has 0 bridgehead atoms. The van der Waals surface area contributed by atoms with E-state index in [1.165, 1.54) is 47.3 Å². The molecule has 0 aliphatic heterocycles. The van der Waals surface area contributed by atoms with E-state index in [1.54, 1.807) is 24.3 Å². The van der Waals surface area contributed by atoms with Crippen LogP contribution in [0.25, 0.3) is 22.3 Å². The Labute approximate surface area is 327 Å². The molecular weight excluding hydrogens is 788 g/mol. The molecule has 310 valence electrons. The van der Waals surface area contributed by atoms with Crippen LogP contribution in [0.15, 0.2) is 76.2 Å². The lowest BCUT2D eigenvalue weighted by atomic mass is 9.89. The fourth-order valence-electron chi connectivity index (χ4n) is 5.73. The Morgan fingerprint density at radius 1 is 0.912 bits per heavy atom. The van der Waals surface area contributed by atoms with Crippen LogP contribution < -0.4 is 20.6 Å². The van der Waals surface area contributed by atoms with Crippen LogP contribution in [0.2, 0.25) is 0 Å². The normalized spacial score (nSPS) is 13.4. The van der Waals surface area contributed by atoms with Gasteiger partial charge >= 0.3 is 15.2 Å². The van der Waals surface area contributed by atoms with Crippen LogP contribution in [-0.2, 0) is 31.6 Å². The number of aliphatic hydroxyl groups excluding tert-OH is 1. The van der Waals surface area contributed by atoms with Gasteiger partial charge in [0.25, 0.3) is 11.0 Å². The van der Waals surface area contributed by atoms with Crippen molar-refractivity contribution in [3.05, 3.63) is 88.3 Å². The molecule has 57 heavy (non-hydrogen) atoms. The molecule has 0 aliphatic rings. The van der Waals surface area contributed by atoms with Gasteiger partial charge in [-0.05, 0) is 35.7 Å². The third-order valence-corrected chi connectivity index (χ3v) is 12.6. The number of amides is 2. The summed E-state index contributed by atoms with van der Waals surface area (Å²) in [5.74, 6) is -1.56. The van der Waals surface area contributed by atoms with Gasteiger partial charge in [0, 0.05) is 60.2 Å². The lowest BCUT2D eigenvalue weighted by Gasteiger charge is -2.29. The number of nitrogens with one attached hydrogen (secondary N) is 2. The van der Waals surface area contributed by atoms with Gasteiger partial charge in [0.2, 0.25) is 11.7 Å². The summed E-state index contributed by atoms with van der Waals surface area (Å²) in [7, 11) is -11.3. The van der Waals surface area contributed by atoms with Crippen LogP contribution in [0.3, 0.4) is 0 Å². The number of aliphatic hydroxyl groups is 2. The van der Waals surface area contributed by atoms with Crippen LogP contribution >= 0.6 is 15.2 Å². The van der Waals surface area contributed by atoms with Crippen molar-refractivity contribution in [2.75, 3.05) is 26.3 Å². The van der Waals surface area contributed by atoms with Crippen LogP contribution in [-0.4, -0.2) is 89.3 Å². The summed E-state index contributed by atoms with van der Waals surface area (Å²) >= 11 is 0. The Bertz CT molecular complexity index is 2230. The fourth-order valence-corrected chi connectivity index (χ4v) is 7.87. The number of fused-ring (bicyclic) bond motifs is 1. The maximum absolute atomic E-state index is 12.9. The average molecular weight is 837 g/mol. The Morgan fingerprint density at radius 2 is 1.54 bits per heavy atom. The van der Waals surface area contributed by atoms with Gasteiger partial charge in [0.05, 0.1) is 18.6 Å². The molecule has 4 rings (SSSR count). The number of aromatic nitrogens is 1. The molecular formula is C37H48N3O15P2+. The molecule has 0 spiro atoms. The van der Waals surface area contributed by atoms with Crippen molar-refractivity contribution >= 4 is 38.0 Å². The lowest BCUT2D eigenvalue weighted by molar-refractivity contribution is -0.703. The molecule has 2 heterocycles. The van der Waals surface area contributed by atoms with Crippen molar-refractivity contribution in [1.29, 1.82) is 0 Å². The first-order valence-electron chi connectivity index (χ1n) is 17.5. The molecule has 2 aromatic heterocycles. The lowest BCUT2D eigenvalue weighted by Crippen LogP contribution is -2.45. The minimum absolute atomic E-state index is 0.0239. The molecule has 0 saturated carbocycles. The predicted molar refractivity (Wildman–Crippen MR) is 205 cm³/mol. The molecule has 4 aromatic rings. The molecule has 10 N–H and O–H groups in total. The number of hydrogen-bond donors (Lipinski definition) is 10. The van der Waals surface area contributed by atoms with E-state index in [0.29, 0.717) is 11.1 Å². The van der Waals surface area contributed by atoms with Crippen LogP contribution in [0.1, 0.15) is 50.0 Å². The predicted octanol–water partition coefficient (Wildman–Crippen LogP) is 2.07. The minimum atomic E-state index is -5.66. The van der Waals surface area contributed by atoms with Gasteiger partial charge in [-0.2, -0.15) is 0 Å². The number of pyridine rings is 1. The van der Waals surface area contributed by atoms with E-state index >= 15 is 0 Å². The molecule has 18 nitrogen and oxygen atoms in total. The Hall–Kier alpha value is -4.48. The number of aromatic hydroxyl groups is 2. The molecule has 0 aliphatic carbocycles. The zero-order chi connectivity index (χ0) is 42.6. The largest absolute Gasteiger partial charge is 0.504 e. The van der Waals surface area contributed by atoms with Gasteiger partial charge < -0.3 is 59.8 Å². The number of ether oxygens (including phenoxy) is 1. The summed E-state index contributed by atoms with van der Waals surface area (Å²) in [5, 5.41) is 42.7. The zero-order valence-corrected chi connectivity index (χ0v) is 33.4. The number of phenolic OH excluding ortho intramolecular Hbond substituents is 2. The number of carbonyl (C=O) groups is 2. The van der Waals surface area contributed by atoms with E-state index in [-0.39, 0.29) is 73.4 Å². The van der Waals surface area contributed by atoms with E-state index in [2.05, 4.69) is 10.6 Å². The second-order valence-electron chi connectivity index (χ2n) is 15.4. The zero-order valence-electron chi connectivity index (χ0n) is 31.7. The van der Waals surface area contributed by atoms with E-state index in [1.807, 2.05) is 27.7 Å². The van der Waals surface area contributed by atoms with Gasteiger partial charge in [-0.15, -0.1) is 0 Å². The van der Waals surface area contributed by atoms with Crippen LogP contribution in [0.5, 0.6) is 11.5 Å². The summed E-state index contributed by atoms with van der Waals surface area (Å²) in [6.45, 7) is 7.88. The van der Waals surface area contributed by atoms with Crippen molar-refractivity contribution in [3.8, 4) is 22.8 Å². The highest BCUT2D eigenvalue weighted by Crippen LogP contribution is 2.68. The fraction of sp³-hybridized carbons (Fsp3) is 0.405. The third-order valence-electron chi connectivity index (χ3n) is 8.88. The first kappa shape index (κ1) is 45.2. The van der Waals surface area contributed by atoms with E-state index in [0.717, 1.165) is 0 Å². The van der Waals surface area contributed by atoms with Crippen LogP contribution in [0, 0.1) is 10.8 Å². The molecule has 0 fully saturated rings. The maximum atomic E-state index is 12.9. The van der Waals surface area contributed by atoms with Crippen molar-refractivity contribution in [3.63, 3.8) is 0 Å². The second kappa shape index (κ2) is 17.6. The molecule has 20 heteroatoms. The van der Waals surface area contributed by atoms with E-state index in [4.69, 9.17) is 9.15 Å². The maximum Gasteiger partial charge on any atom is 0.369 e. The number of carbonyl (C=O) groups excluding carboxylic acids is 2. The Kier molecular flexibility index (Phi) is 13.9. The molecule has 1 atom stereocenters. The summed E-state index contributed by atoms with van der Waals surface area (Å²) < 4.78 is 36.4. The van der Waals surface area contributed by atoms with Gasteiger partial charge in [0.15, 0.2) is 35.7 Å². The van der Waals surface area contributed by atoms with Crippen LogP contribution in [0.4, 0.5) is 0 Å². The number of phenols is 2. The summed E-state index contributed by atoms with van der Waals surface area (Å²) in [6, 6.07) is 12.8. The quantitative estimate of drug-likeness (QED) is 0.0390. The first-order chi connectivity index (χ1) is 26.3. The topological polar surface area (TPSA) is 298 Å². The highest BCUT2D eigenvalue weighted by atomic mass is 31.2. The number of hydrogen-bond acceptors (Lipinski definition) is 11. The van der Waals surface area contributed by atoms with Gasteiger partial charge in [-0.3, -0.25) is 23.5 Å². The summed E-state index contributed by atoms with van der Waals surface area (Å²) in [5.41, 5.74) is -0.891. The van der Waals surface area contributed by atoms with Crippen molar-refractivity contribution in [1.82, 2.24) is 10.6 Å². The third kappa shape index (κ3) is 11.8. The van der Waals surface area contributed by atoms with Gasteiger partial charge in [0.1, 0.15) is 11.9 Å². The standard InChI is InChI=1S/C37H47N3O15P2/c1-35(2,16-31(44)38-17-26(41)19-40-13-5-6-23(18-40)15-37(47,56(48,49)50)57(51,52)53)21-54-22-36(3,4)20-39-34(46)25-9-7-24(8-10-25)30-14-29(43)27-11-12-28(42)32(45)33(27)55-30/h5-14,18,26,41,47H,15-17,19-22H2,1-4H3,(H7-,38,39,42,43,44,45,46,48,49,50,51,52,53)/p+1. The van der Waals surface area contributed by atoms with Crippen molar-refractivity contribution in [2.24, 2.45) is 10.8 Å². The first-order valence-corrected chi connectivity index (χ1v) is 20.7. The monoisotopic (exact) mass is 836 g/mol. The second-order valence-corrected chi connectivity index (χ2v) is 19.5. The molecule has 0 saturated heterocycles. The number of rotatable bonds is 18. The van der Waals surface area contributed by atoms with Crippen molar-refractivity contribution < 1.29 is 72.4 Å². The minimum Gasteiger partial charge on any atom is -0.504 e. The molecule has 2 aromatic carbocycles. The van der Waals surface area contributed by atoms with Crippen molar-refractivity contribution in [2.45, 2.75) is 58.3 Å². The number of nitrogens with zero attached hydrogens (tertiary/aromatic N) is 1. The Balaban J connectivity index is 1.21. The summed E-state index contributed by atoms with van der Waals surface area (Å²) in [4.78, 5) is 75.9. The Morgan fingerprint density at radius 3 is 2.18 bits per heavy atom. The molecule has 1 unspecified atom stereocenters. The van der Waals surface area contributed by atoms with E-state index < -0.39 is 60.6 Å². The SMILES string of the molecule is CC(C)(CNC(=O)c1ccc(-c2cc(=O)c3ccc(O)c(O)c3o2)cc1)COCC(C)(C)CC(=O)NCC(O)C[n+]1cccc(CC(O)(P(=O)(O)O)P(=O)(O)O)c1. The smallest absolute Gasteiger partial charge is 0.369 e. The molecule has 2 amide bonds. The van der Waals surface area contributed by atoms with Gasteiger partial charge in [-0.25, -0.2) is 4.57 Å². The van der Waals surface area contributed by atoms with E-state index in [9.17, 15) is 63.5 Å². The highest BCUT2D eigenvalue weighted by molar-refractivity contribution is 7.72. The average Bonchev–Trinajstić information content (AvgIpc) is 3.10. The molecule has 0 radical (unpaired) electrons. The van der Waals surface area contributed by atoms with Gasteiger partial charge in [-0.1, -0.05) is 39.8 Å².